The van der Waals surface area contributed by atoms with E-state index in [1.165, 1.54) is 5.56 Å². The quantitative estimate of drug-likeness (QED) is 0.598. The lowest BCUT2D eigenvalue weighted by Crippen LogP contribution is -2.37. The number of aromatic nitrogens is 1. The third-order valence-electron chi connectivity index (χ3n) is 5.33. The van der Waals surface area contributed by atoms with Crippen molar-refractivity contribution in [1.29, 1.82) is 0 Å². The molecule has 1 aliphatic rings. The summed E-state index contributed by atoms with van der Waals surface area (Å²) in [6.07, 6.45) is 2.11. The van der Waals surface area contributed by atoms with Gasteiger partial charge in [-0.15, -0.1) is 0 Å². The minimum atomic E-state index is 0.00475. The molecule has 1 unspecified atom stereocenters. The van der Waals surface area contributed by atoms with Gasteiger partial charge in [0.05, 0.1) is 22.9 Å². The Morgan fingerprint density at radius 2 is 1.96 bits per heavy atom. The van der Waals surface area contributed by atoms with Crippen LogP contribution in [0.5, 0.6) is 0 Å². The maximum absolute atomic E-state index is 13.6. The van der Waals surface area contributed by atoms with Crippen molar-refractivity contribution in [3.05, 3.63) is 58.1 Å². The van der Waals surface area contributed by atoms with Gasteiger partial charge in [0.25, 0.3) is 5.91 Å². The highest BCUT2D eigenvalue weighted by molar-refractivity contribution is 7.22. The van der Waals surface area contributed by atoms with Crippen LogP contribution in [-0.2, 0) is 4.74 Å². The first-order valence-corrected chi connectivity index (χ1v) is 10.6. The van der Waals surface area contributed by atoms with Crippen molar-refractivity contribution in [2.24, 2.45) is 0 Å². The zero-order chi connectivity index (χ0) is 19.8. The van der Waals surface area contributed by atoms with Crippen LogP contribution in [0.3, 0.4) is 0 Å². The van der Waals surface area contributed by atoms with Gasteiger partial charge in [-0.2, -0.15) is 0 Å². The average Bonchev–Trinajstić information content (AvgIpc) is 3.30. The van der Waals surface area contributed by atoms with Crippen LogP contribution in [0.4, 0.5) is 5.13 Å². The highest BCUT2D eigenvalue weighted by atomic mass is 32.1. The number of rotatable bonds is 4. The Hall–Kier alpha value is -2.24. The normalized spacial score (nSPS) is 16.6. The van der Waals surface area contributed by atoms with E-state index in [-0.39, 0.29) is 12.0 Å². The SMILES string of the molecule is Cc1ccc(C)c(C(=O)N(CC2CCCO2)c2nc3c(C)cc(C)cc3s2)c1. The van der Waals surface area contributed by atoms with Crippen molar-refractivity contribution < 1.29 is 9.53 Å². The highest BCUT2D eigenvalue weighted by Gasteiger charge is 2.28. The molecule has 146 valence electrons. The Morgan fingerprint density at radius 3 is 2.71 bits per heavy atom. The first kappa shape index (κ1) is 19.1. The van der Waals surface area contributed by atoms with E-state index >= 15 is 0 Å². The monoisotopic (exact) mass is 394 g/mol. The predicted molar refractivity (Wildman–Crippen MR) is 116 cm³/mol. The highest BCUT2D eigenvalue weighted by Crippen LogP contribution is 2.33. The number of hydrogen-bond donors (Lipinski definition) is 0. The van der Waals surface area contributed by atoms with E-state index in [0.29, 0.717) is 6.54 Å². The van der Waals surface area contributed by atoms with Gasteiger partial charge in [0.15, 0.2) is 5.13 Å². The predicted octanol–water partition coefficient (Wildman–Crippen LogP) is 5.36. The number of thiazole rings is 1. The van der Waals surface area contributed by atoms with Crippen molar-refractivity contribution in [3.63, 3.8) is 0 Å². The lowest BCUT2D eigenvalue weighted by atomic mass is 10.0. The first-order valence-electron chi connectivity index (χ1n) is 9.81. The van der Waals surface area contributed by atoms with E-state index in [1.54, 1.807) is 11.3 Å². The molecule has 0 radical (unpaired) electrons. The Bertz CT molecular complexity index is 1030. The van der Waals surface area contributed by atoms with E-state index in [1.807, 2.05) is 36.9 Å². The molecule has 3 aromatic rings. The molecule has 5 heteroatoms. The molecule has 2 heterocycles. The van der Waals surface area contributed by atoms with Crippen LogP contribution in [0.2, 0.25) is 0 Å². The van der Waals surface area contributed by atoms with Gasteiger partial charge in [-0.3, -0.25) is 9.69 Å². The Balaban J connectivity index is 1.78. The number of carbonyl (C=O) groups excluding carboxylic acids is 1. The van der Waals surface area contributed by atoms with Crippen molar-refractivity contribution in [2.75, 3.05) is 18.1 Å². The molecule has 2 aromatic carbocycles. The van der Waals surface area contributed by atoms with Gasteiger partial charge in [-0.25, -0.2) is 4.98 Å². The van der Waals surface area contributed by atoms with E-state index in [2.05, 4.69) is 26.0 Å². The Morgan fingerprint density at radius 1 is 1.14 bits per heavy atom. The maximum atomic E-state index is 13.6. The fourth-order valence-corrected chi connectivity index (χ4v) is 4.98. The number of carbonyl (C=O) groups is 1. The summed E-state index contributed by atoms with van der Waals surface area (Å²) >= 11 is 1.59. The van der Waals surface area contributed by atoms with Crippen LogP contribution in [0.25, 0.3) is 10.2 Å². The lowest BCUT2D eigenvalue weighted by molar-refractivity contribution is 0.0917. The molecule has 4 rings (SSSR count). The number of ether oxygens (including phenoxy) is 1. The number of benzene rings is 2. The molecular formula is C23H26N2O2S. The molecule has 1 saturated heterocycles. The van der Waals surface area contributed by atoms with E-state index < -0.39 is 0 Å². The molecule has 0 N–H and O–H groups in total. The molecule has 1 aromatic heterocycles. The molecule has 1 fully saturated rings. The fraction of sp³-hybridized carbons (Fsp3) is 0.391. The van der Waals surface area contributed by atoms with Crippen molar-refractivity contribution in [2.45, 2.75) is 46.6 Å². The topological polar surface area (TPSA) is 42.4 Å². The summed E-state index contributed by atoms with van der Waals surface area (Å²) in [6.45, 7) is 9.50. The second kappa shape index (κ2) is 7.64. The molecule has 0 saturated carbocycles. The van der Waals surface area contributed by atoms with Crippen molar-refractivity contribution >= 4 is 32.6 Å². The van der Waals surface area contributed by atoms with Crippen LogP contribution < -0.4 is 4.90 Å². The lowest BCUT2D eigenvalue weighted by Gasteiger charge is -2.24. The molecule has 0 bridgehead atoms. The zero-order valence-corrected chi connectivity index (χ0v) is 17.7. The summed E-state index contributed by atoms with van der Waals surface area (Å²) in [5.41, 5.74) is 6.16. The Labute approximate surface area is 170 Å². The van der Waals surface area contributed by atoms with Gasteiger partial charge >= 0.3 is 0 Å². The molecule has 4 nitrogen and oxygen atoms in total. The second-order valence-corrected chi connectivity index (χ2v) is 8.80. The van der Waals surface area contributed by atoms with E-state index in [9.17, 15) is 4.79 Å². The van der Waals surface area contributed by atoms with Gasteiger partial charge in [0.2, 0.25) is 0 Å². The van der Waals surface area contributed by atoms with Crippen LogP contribution in [0.1, 0.15) is 45.5 Å². The minimum absolute atomic E-state index is 0.00475. The second-order valence-electron chi connectivity index (χ2n) is 7.79. The molecule has 0 spiro atoms. The average molecular weight is 395 g/mol. The van der Waals surface area contributed by atoms with Gasteiger partial charge in [0.1, 0.15) is 0 Å². The minimum Gasteiger partial charge on any atom is -0.376 e. The van der Waals surface area contributed by atoms with Crippen LogP contribution in [0, 0.1) is 27.7 Å². The first-order chi connectivity index (χ1) is 13.4. The van der Waals surface area contributed by atoms with Crippen LogP contribution in [-0.4, -0.2) is 30.1 Å². The maximum Gasteiger partial charge on any atom is 0.260 e. The largest absolute Gasteiger partial charge is 0.376 e. The van der Waals surface area contributed by atoms with Gasteiger partial charge in [-0.1, -0.05) is 35.1 Å². The third kappa shape index (κ3) is 3.69. The van der Waals surface area contributed by atoms with E-state index in [4.69, 9.17) is 9.72 Å². The summed E-state index contributed by atoms with van der Waals surface area (Å²) < 4.78 is 6.97. The molecule has 28 heavy (non-hydrogen) atoms. The van der Waals surface area contributed by atoms with Gasteiger partial charge in [0, 0.05) is 12.2 Å². The summed E-state index contributed by atoms with van der Waals surface area (Å²) in [5, 5.41) is 0.755. The molecule has 0 aliphatic carbocycles. The number of hydrogen-bond acceptors (Lipinski definition) is 4. The number of aryl methyl sites for hydroxylation is 4. The summed E-state index contributed by atoms with van der Waals surface area (Å²) in [6, 6.07) is 10.3. The van der Waals surface area contributed by atoms with E-state index in [0.717, 1.165) is 57.1 Å². The summed E-state index contributed by atoms with van der Waals surface area (Å²) in [7, 11) is 0. The number of fused-ring (bicyclic) bond motifs is 1. The molecule has 1 amide bonds. The van der Waals surface area contributed by atoms with Crippen LogP contribution >= 0.6 is 11.3 Å². The number of anilines is 1. The summed E-state index contributed by atoms with van der Waals surface area (Å²) in [4.78, 5) is 20.3. The molecule has 1 aliphatic heterocycles. The number of nitrogens with zero attached hydrogens (tertiary/aromatic N) is 2. The van der Waals surface area contributed by atoms with Crippen molar-refractivity contribution in [3.8, 4) is 0 Å². The third-order valence-corrected chi connectivity index (χ3v) is 6.35. The Kier molecular flexibility index (Phi) is 5.21. The standard InChI is InChI=1S/C23H26N2O2S/c1-14-7-8-16(3)19(11-14)22(26)25(13-18-6-5-9-27-18)23-24-21-17(4)10-15(2)12-20(21)28-23/h7-8,10-12,18H,5-6,9,13H2,1-4H3. The fourth-order valence-electron chi connectivity index (χ4n) is 3.83. The number of amides is 1. The van der Waals surface area contributed by atoms with Crippen LogP contribution in [0.15, 0.2) is 30.3 Å². The smallest absolute Gasteiger partial charge is 0.260 e. The van der Waals surface area contributed by atoms with Crippen molar-refractivity contribution in [1.82, 2.24) is 4.98 Å². The van der Waals surface area contributed by atoms with Gasteiger partial charge in [-0.05, 0) is 69.4 Å². The zero-order valence-electron chi connectivity index (χ0n) is 16.9. The molecular weight excluding hydrogens is 368 g/mol. The molecule has 1 atom stereocenters. The van der Waals surface area contributed by atoms with Gasteiger partial charge < -0.3 is 4.74 Å². The summed E-state index contributed by atoms with van der Waals surface area (Å²) in [5.74, 6) is 0.00475.